The SMILES string of the molecule is COP(=O)(OC)OC1CCCC1. The van der Waals surface area contributed by atoms with Crippen LogP contribution in [0.2, 0.25) is 0 Å². The summed E-state index contributed by atoms with van der Waals surface area (Å²) >= 11 is 0. The van der Waals surface area contributed by atoms with Crippen molar-refractivity contribution in [2.75, 3.05) is 14.2 Å². The van der Waals surface area contributed by atoms with Crippen LogP contribution in [0.4, 0.5) is 0 Å². The third kappa shape index (κ3) is 2.56. The molecule has 1 fully saturated rings. The van der Waals surface area contributed by atoms with Gasteiger partial charge in [-0.2, -0.15) is 0 Å². The third-order valence-corrected chi connectivity index (χ3v) is 3.48. The maximum Gasteiger partial charge on any atom is 0.474 e. The van der Waals surface area contributed by atoms with Gasteiger partial charge in [0.25, 0.3) is 0 Å². The first kappa shape index (κ1) is 10.2. The van der Waals surface area contributed by atoms with Crippen molar-refractivity contribution < 1.29 is 18.1 Å². The molecule has 0 aromatic carbocycles. The van der Waals surface area contributed by atoms with Crippen LogP contribution in [0.3, 0.4) is 0 Å². The monoisotopic (exact) mass is 194 g/mol. The normalized spacial score (nSPS) is 20.2. The van der Waals surface area contributed by atoms with E-state index in [4.69, 9.17) is 4.52 Å². The molecule has 0 atom stereocenters. The van der Waals surface area contributed by atoms with Crippen LogP contribution in [0, 0.1) is 0 Å². The van der Waals surface area contributed by atoms with Crippen molar-refractivity contribution in [3.8, 4) is 0 Å². The first-order valence-corrected chi connectivity index (χ1v) is 5.56. The number of hydrogen-bond donors (Lipinski definition) is 0. The van der Waals surface area contributed by atoms with E-state index in [9.17, 15) is 4.57 Å². The Bertz CT molecular complexity index is 168. The summed E-state index contributed by atoms with van der Waals surface area (Å²) < 4.78 is 26.0. The minimum atomic E-state index is -3.23. The van der Waals surface area contributed by atoms with Crippen LogP contribution < -0.4 is 0 Å². The molecule has 72 valence electrons. The maximum absolute atomic E-state index is 11.4. The fraction of sp³-hybridized carbons (Fsp3) is 1.00. The number of phosphoric ester groups is 1. The van der Waals surface area contributed by atoms with Gasteiger partial charge in [0.1, 0.15) is 0 Å². The van der Waals surface area contributed by atoms with E-state index in [0.717, 1.165) is 25.7 Å². The zero-order chi connectivity index (χ0) is 9.03. The summed E-state index contributed by atoms with van der Waals surface area (Å²) in [7, 11) is -0.565. The molecule has 1 aliphatic rings. The fourth-order valence-electron chi connectivity index (χ4n) is 1.34. The summed E-state index contributed by atoms with van der Waals surface area (Å²) in [6.45, 7) is 0. The van der Waals surface area contributed by atoms with E-state index in [-0.39, 0.29) is 6.10 Å². The van der Waals surface area contributed by atoms with Gasteiger partial charge in [-0.15, -0.1) is 0 Å². The lowest BCUT2D eigenvalue weighted by molar-refractivity contribution is 0.108. The van der Waals surface area contributed by atoms with E-state index in [1.54, 1.807) is 0 Å². The largest absolute Gasteiger partial charge is 0.474 e. The van der Waals surface area contributed by atoms with Crippen molar-refractivity contribution >= 4 is 7.82 Å². The van der Waals surface area contributed by atoms with Gasteiger partial charge in [-0.3, -0.25) is 13.6 Å². The molecule has 0 radical (unpaired) electrons. The van der Waals surface area contributed by atoms with Crippen molar-refractivity contribution in [3.63, 3.8) is 0 Å². The Labute approximate surface area is 72.8 Å². The average Bonchev–Trinajstić information content (AvgIpc) is 2.57. The molecule has 0 aromatic rings. The van der Waals surface area contributed by atoms with E-state index in [0.29, 0.717) is 0 Å². The minimum Gasteiger partial charge on any atom is -0.290 e. The lowest BCUT2D eigenvalue weighted by atomic mass is 10.3. The van der Waals surface area contributed by atoms with Gasteiger partial charge < -0.3 is 0 Å². The second-order valence-corrected chi connectivity index (χ2v) is 4.66. The van der Waals surface area contributed by atoms with Crippen LogP contribution in [0.15, 0.2) is 0 Å². The summed E-state index contributed by atoms with van der Waals surface area (Å²) in [6, 6.07) is 0. The van der Waals surface area contributed by atoms with E-state index < -0.39 is 7.82 Å². The van der Waals surface area contributed by atoms with Gasteiger partial charge in [0.05, 0.1) is 6.10 Å². The quantitative estimate of drug-likeness (QED) is 0.644. The standard InChI is InChI=1S/C7H15O4P/c1-9-12(8,10-2)11-7-5-3-4-6-7/h7H,3-6H2,1-2H3. The molecular formula is C7H15O4P. The summed E-state index contributed by atoms with van der Waals surface area (Å²) in [5.41, 5.74) is 0. The van der Waals surface area contributed by atoms with E-state index in [1.807, 2.05) is 0 Å². The molecule has 0 saturated heterocycles. The van der Waals surface area contributed by atoms with Crippen molar-refractivity contribution in [2.45, 2.75) is 31.8 Å². The van der Waals surface area contributed by atoms with Gasteiger partial charge >= 0.3 is 7.82 Å². The molecule has 0 aliphatic heterocycles. The molecular weight excluding hydrogens is 179 g/mol. The van der Waals surface area contributed by atoms with E-state index in [2.05, 4.69) is 9.05 Å². The second kappa shape index (κ2) is 4.38. The molecule has 4 nitrogen and oxygen atoms in total. The predicted molar refractivity (Wildman–Crippen MR) is 45.0 cm³/mol. The van der Waals surface area contributed by atoms with Gasteiger partial charge in [-0.05, 0) is 12.8 Å². The zero-order valence-electron chi connectivity index (χ0n) is 7.49. The van der Waals surface area contributed by atoms with Gasteiger partial charge in [0, 0.05) is 14.2 Å². The first-order chi connectivity index (χ1) is 5.70. The number of rotatable bonds is 4. The molecule has 0 N–H and O–H groups in total. The molecule has 0 spiro atoms. The van der Waals surface area contributed by atoms with Gasteiger partial charge in [0.2, 0.25) is 0 Å². The molecule has 1 rings (SSSR count). The minimum absolute atomic E-state index is 0.0516. The third-order valence-electron chi connectivity index (χ3n) is 2.03. The molecule has 0 unspecified atom stereocenters. The van der Waals surface area contributed by atoms with Crippen molar-refractivity contribution in [2.24, 2.45) is 0 Å². The van der Waals surface area contributed by atoms with Crippen molar-refractivity contribution in [1.82, 2.24) is 0 Å². The molecule has 5 heteroatoms. The Morgan fingerprint density at radius 3 is 2.08 bits per heavy atom. The summed E-state index contributed by atoms with van der Waals surface area (Å²) in [5, 5.41) is 0. The van der Waals surface area contributed by atoms with Crippen LogP contribution in [0.25, 0.3) is 0 Å². The van der Waals surface area contributed by atoms with Gasteiger partial charge in [-0.1, -0.05) is 12.8 Å². The van der Waals surface area contributed by atoms with Crippen LogP contribution in [-0.4, -0.2) is 20.3 Å². The average molecular weight is 194 g/mol. The first-order valence-electron chi connectivity index (χ1n) is 4.10. The molecule has 1 saturated carbocycles. The lowest BCUT2D eigenvalue weighted by Crippen LogP contribution is -2.07. The fourth-order valence-corrected chi connectivity index (χ4v) is 2.23. The highest BCUT2D eigenvalue weighted by molar-refractivity contribution is 7.48. The Morgan fingerprint density at radius 2 is 1.67 bits per heavy atom. The van der Waals surface area contributed by atoms with Crippen molar-refractivity contribution in [1.29, 1.82) is 0 Å². The molecule has 0 bridgehead atoms. The Morgan fingerprint density at radius 1 is 1.17 bits per heavy atom. The molecule has 0 aromatic heterocycles. The second-order valence-electron chi connectivity index (χ2n) is 2.82. The Kier molecular flexibility index (Phi) is 3.72. The summed E-state index contributed by atoms with van der Waals surface area (Å²) in [5.74, 6) is 0. The summed E-state index contributed by atoms with van der Waals surface area (Å²) in [6.07, 6.45) is 4.24. The highest BCUT2D eigenvalue weighted by Gasteiger charge is 2.29. The van der Waals surface area contributed by atoms with Crippen LogP contribution in [0.1, 0.15) is 25.7 Å². The molecule has 0 heterocycles. The molecule has 12 heavy (non-hydrogen) atoms. The highest BCUT2D eigenvalue weighted by Crippen LogP contribution is 2.50. The van der Waals surface area contributed by atoms with Crippen LogP contribution in [0.5, 0.6) is 0 Å². The van der Waals surface area contributed by atoms with Crippen LogP contribution >= 0.6 is 7.82 Å². The van der Waals surface area contributed by atoms with Gasteiger partial charge in [-0.25, -0.2) is 4.57 Å². The Balaban J connectivity index is 2.41. The summed E-state index contributed by atoms with van der Waals surface area (Å²) in [4.78, 5) is 0. The maximum atomic E-state index is 11.4. The highest BCUT2D eigenvalue weighted by atomic mass is 31.2. The molecule has 0 amide bonds. The van der Waals surface area contributed by atoms with Crippen LogP contribution in [-0.2, 0) is 18.1 Å². The van der Waals surface area contributed by atoms with E-state index >= 15 is 0 Å². The van der Waals surface area contributed by atoms with Crippen molar-refractivity contribution in [3.05, 3.63) is 0 Å². The Hall–Kier alpha value is 0.110. The number of phosphoric acid groups is 1. The zero-order valence-corrected chi connectivity index (χ0v) is 8.38. The molecule has 1 aliphatic carbocycles. The predicted octanol–water partition coefficient (Wildman–Crippen LogP) is 2.35. The number of hydrogen-bond acceptors (Lipinski definition) is 4. The topological polar surface area (TPSA) is 44.8 Å². The van der Waals surface area contributed by atoms with E-state index in [1.165, 1.54) is 14.2 Å². The van der Waals surface area contributed by atoms with Gasteiger partial charge in [0.15, 0.2) is 0 Å². The lowest BCUT2D eigenvalue weighted by Gasteiger charge is -2.17. The smallest absolute Gasteiger partial charge is 0.290 e.